The summed E-state index contributed by atoms with van der Waals surface area (Å²) in [4.78, 5) is 33.2. The number of pyridine rings is 1. The quantitative estimate of drug-likeness (QED) is 0.525. The van der Waals surface area contributed by atoms with Crippen LogP contribution in [0.2, 0.25) is 0 Å². The predicted molar refractivity (Wildman–Crippen MR) is 133 cm³/mol. The van der Waals surface area contributed by atoms with E-state index in [0.29, 0.717) is 57.2 Å². The lowest BCUT2D eigenvalue weighted by Crippen LogP contribution is -2.36. The molecule has 1 aromatic heterocycles. The van der Waals surface area contributed by atoms with Crippen molar-refractivity contribution < 1.29 is 19.1 Å². The zero-order chi connectivity index (χ0) is 24.0. The summed E-state index contributed by atoms with van der Waals surface area (Å²) in [5.74, 6) is 1.02. The van der Waals surface area contributed by atoms with Gasteiger partial charge >= 0.3 is 0 Å². The number of aromatic nitrogens is 1. The highest BCUT2D eigenvalue weighted by Crippen LogP contribution is 2.23. The highest BCUT2D eigenvalue weighted by molar-refractivity contribution is 5.94. The summed E-state index contributed by atoms with van der Waals surface area (Å²) in [6, 6.07) is 15.7. The molecular formula is C28H31N3O4. The third-order valence-corrected chi connectivity index (χ3v) is 6.79. The summed E-state index contributed by atoms with van der Waals surface area (Å²) in [7, 11) is 0. The van der Waals surface area contributed by atoms with Crippen molar-refractivity contribution in [3.8, 4) is 5.75 Å². The van der Waals surface area contributed by atoms with Crippen LogP contribution in [0, 0.1) is 5.92 Å². The monoisotopic (exact) mass is 473 g/mol. The van der Waals surface area contributed by atoms with Crippen LogP contribution < -0.4 is 4.74 Å². The molecule has 2 amide bonds. The van der Waals surface area contributed by atoms with E-state index in [2.05, 4.69) is 23.2 Å². The number of fused-ring (bicyclic) bond motifs is 1. The Bertz CT molecular complexity index is 1190. The molecule has 2 aromatic carbocycles. The fourth-order valence-corrected chi connectivity index (χ4v) is 4.97. The molecule has 0 bridgehead atoms. The van der Waals surface area contributed by atoms with Crippen LogP contribution in [-0.4, -0.2) is 72.6 Å². The van der Waals surface area contributed by atoms with E-state index in [0.717, 1.165) is 24.8 Å². The SMILES string of the molecule is O=C1CCCN1CCOc1cccc(C(=O)N2CCOCC(Cc3cccc4ccncc34)C2)c1. The van der Waals surface area contributed by atoms with Gasteiger partial charge in [-0.25, -0.2) is 0 Å². The minimum absolute atomic E-state index is 0.0137. The molecule has 0 aliphatic carbocycles. The first-order chi connectivity index (χ1) is 17.2. The highest BCUT2D eigenvalue weighted by Gasteiger charge is 2.25. The molecule has 7 nitrogen and oxygen atoms in total. The molecule has 0 radical (unpaired) electrons. The Labute approximate surface area is 205 Å². The van der Waals surface area contributed by atoms with Gasteiger partial charge < -0.3 is 19.3 Å². The number of carbonyl (C=O) groups is 2. The van der Waals surface area contributed by atoms with E-state index in [4.69, 9.17) is 9.47 Å². The molecule has 0 spiro atoms. The van der Waals surface area contributed by atoms with Crippen LogP contribution in [0.3, 0.4) is 0 Å². The summed E-state index contributed by atoms with van der Waals surface area (Å²) in [5.41, 5.74) is 1.83. The molecule has 7 heteroatoms. The lowest BCUT2D eigenvalue weighted by molar-refractivity contribution is -0.128. The molecular weight excluding hydrogens is 442 g/mol. The molecule has 0 saturated carbocycles. The molecule has 1 atom stereocenters. The van der Waals surface area contributed by atoms with Crippen LogP contribution in [0.15, 0.2) is 60.9 Å². The van der Waals surface area contributed by atoms with Crippen LogP contribution in [0.5, 0.6) is 5.75 Å². The summed E-state index contributed by atoms with van der Waals surface area (Å²) >= 11 is 0. The molecule has 2 aliphatic heterocycles. The Kier molecular flexibility index (Phi) is 7.23. The molecule has 35 heavy (non-hydrogen) atoms. The van der Waals surface area contributed by atoms with E-state index in [-0.39, 0.29) is 17.7 Å². The predicted octanol–water partition coefficient (Wildman–Crippen LogP) is 3.57. The summed E-state index contributed by atoms with van der Waals surface area (Å²) < 4.78 is 11.7. The Morgan fingerprint density at radius 2 is 2.06 bits per heavy atom. The second-order valence-corrected chi connectivity index (χ2v) is 9.27. The molecule has 2 fully saturated rings. The van der Waals surface area contributed by atoms with Gasteiger partial charge in [0.2, 0.25) is 5.91 Å². The zero-order valence-electron chi connectivity index (χ0n) is 19.9. The van der Waals surface area contributed by atoms with Gasteiger partial charge in [-0.1, -0.05) is 24.3 Å². The van der Waals surface area contributed by atoms with Gasteiger partial charge in [0.15, 0.2) is 0 Å². The molecule has 3 heterocycles. The van der Waals surface area contributed by atoms with E-state index in [1.165, 1.54) is 10.9 Å². The zero-order valence-corrected chi connectivity index (χ0v) is 19.9. The van der Waals surface area contributed by atoms with Gasteiger partial charge in [0.25, 0.3) is 5.91 Å². The summed E-state index contributed by atoms with van der Waals surface area (Å²) in [6.45, 7) is 4.15. The maximum Gasteiger partial charge on any atom is 0.254 e. The number of amides is 2. The Hall–Kier alpha value is -3.45. The smallest absolute Gasteiger partial charge is 0.254 e. The number of hydrogen-bond donors (Lipinski definition) is 0. The lowest BCUT2D eigenvalue weighted by Gasteiger charge is -2.24. The van der Waals surface area contributed by atoms with Crippen LogP contribution in [0.1, 0.15) is 28.8 Å². The van der Waals surface area contributed by atoms with Crippen molar-refractivity contribution in [1.29, 1.82) is 0 Å². The van der Waals surface area contributed by atoms with Crippen molar-refractivity contribution in [3.05, 3.63) is 72.1 Å². The minimum atomic E-state index is -0.0137. The Balaban J connectivity index is 1.23. The van der Waals surface area contributed by atoms with Crippen molar-refractivity contribution >= 4 is 22.6 Å². The standard InChI is InChI=1S/C28H31N3O4/c32-27-8-3-11-30(27)13-15-35-25-7-2-6-24(17-25)28(33)31-12-14-34-20-21(19-31)16-23-5-1-4-22-9-10-29-18-26(22)23/h1-2,4-7,9-10,17-18,21H,3,8,11-16,19-20H2. The van der Waals surface area contributed by atoms with E-state index in [9.17, 15) is 9.59 Å². The van der Waals surface area contributed by atoms with Crippen LogP contribution in [0.25, 0.3) is 10.8 Å². The number of hydrogen-bond acceptors (Lipinski definition) is 5. The van der Waals surface area contributed by atoms with Gasteiger partial charge in [-0.15, -0.1) is 0 Å². The second-order valence-electron chi connectivity index (χ2n) is 9.27. The van der Waals surface area contributed by atoms with Crippen molar-refractivity contribution in [2.75, 3.05) is 46.0 Å². The second kappa shape index (κ2) is 10.9. The van der Waals surface area contributed by atoms with Gasteiger partial charge in [-0.3, -0.25) is 14.6 Å². The number of benzene rings is 2. The highest BCUT2D eigenvalue weighted by atomic mass is 16.5. The van der Waals surface area contributed by atoms with Gasteiger partial charge in [-0.05, 0) is 48.1 Å². The average Bonchev–Trinajstić information content (AvgIpc) is 3.15. The normalized spacial score (nSPS) is 18.6. The van der Waals surface area contributed by atoms with E-state index >= 15 is 0 Å². The van der Waals surface area contributed by atoms with Gasteiger partial charge in [0.05, 0.1) is 19.8 Å². The van der Waals surface area contributed by atoms with Gasteiger partial charge in [0, 0.05) is 55.3 Å². The van der Waals surface area contributed by atoms with Crippen LogP contribution in [-0.2, 0) is 16.0 Å². The van der Waals surface area contributed by atoms with E-state index in [1.807, 2.05) is 46.5 Å². The molecule has 2 aliphatic rings. The minimum Gasteiger partial charge on any atom is -0.492 e. The topological polar surface area (TPSA) is 72.0 Å². The summed E-state index contributed by atoms with van der Waals surface area (Å²) in [5, 5.41) is 2.32. The number of likely N-dealkylation sites (tertiary alicyclic amines) is 1. The summed E-state index contributed by atoms with van der Waals surface area (Å²) in [6.07, 6.45) is 6.09. The first-order valence-electron chi connectivity index (χ1n) is 12.4. The Morgan fingerprint density at radius 1 is 1.14 bits per heavy atom. The number of ether oxygens (including phenoxy) is 2. The number of nitrogens with zero attached hydrogens (tertiary/aromatic N) is 3. The van der Waals surface area contributed by atoms with E-state index < -0.39 is 0 Å². The van der Waals surface area contributed by atoms with E-state index in [1.54, 1.807) is 6.07 Å². The van der Waals surface area contributed by atoms with Crippen LogP contribution in [0.4, 0.5) is 0 Å². The van der Waals surface area contributed by atoms with Crippen molar-refractivity contribution in [2.24, 2.45) is 5.92 Å². The molecule has 0 N–H and O–H groups in total. The van der Waals surface area contributed by atoms with Crippen molar-refractivity contribution in [1.82, 2.24) is 14.8 Å². The number of rotatable bonds is 7. The molecule has 2 saturated heterocycles. The Morgan fingerprint density at radius 3 is 2.94 bits per heavy atom. The fraction of sp³-hybridized carbons (Fsp3) is 0.393. The maximum atomic E-state index is 13.4. The molecule has 1 unspecified atom stereocenters. The first-order valence-corrected chi connectivity index (χ1v) is 12.4. The first kappa shape index (κ1) is 23.3. The molecule has 3 aromatic rings. The molecule has 182 valence electrons. The molecule has 5 rings (SSSR count). The third-order valence-electron chi connectivity index (χ3n) is 6.79. The van der Waals surface area contributed by atoms with Crippen molar-refractivity contribution in [3.63, 3.8) is 0 Å². The van der Waals surface area contributed by atoms with Crippen molar-refractivity contribution in [2.45, 2.75) is 19.3 Å². The largest absolute Gasteiger partial charge is 0.492 e. The maximum absolute atomic E-state index is 13.4. The van der Waals surface area contributed by atoms with Gasteiger partial charge in [-0.2, -0.15) is 0 Å². The lowest BCUT2D eigenvalue weighted by atomic mass is 9.95. The van der Waals surface area contributed by atoms with Crippen LogP contribution >= 0.6 is 0 Å². The average molecular weight is 474 g/mol. The fourth-order valence-electron chi connectivity index (χ4n) is 4.97. The number of carbonyl (C=O) groups excluding carboxylic acids is 2. The third kappa shape index (κ3) is 5.62. The van der Waals surface area contributed by atoms with Gasteiger partial charge in [0.1, 0.15) is 12.4 Å².